The van der Waals surface area contributed by atoms with Crippen molar-refractivity contribution in [2.75, 3.05) is 34.0 Å². The van der Waals surface area contributed by atoms with Crippen LogP contribution in [-0.4, -0.2) is 50.9 Å². The highest BCUT2D eigenvalue weighted by Crippen LogP contribution is 2.28. The first-order chi connectivity index (χ1) is 14.0. The largest absolute Gasteiger partial charge is 0.493 e. The van der Waals surface area contributed by atoms with E-state index in [-0.39, 0.29) is 18.8 Å². The summed E-state index contributed by atoms with van der Waals surface area (Å²) in [5.41, 5.74) is 1.29. The third-order valence-corrected chi connectivity index (χ3v) is 3.88. The van der Waals surface area contributed by atoms with Crippen LogP contribution < -0.4 is 14.2 Å². The lowest BCUT2D eigenvalue weighted by atomic mass is 10.1. The average molecular weight is 400 g/mol. The second-order valence-electron chi connectivity index (χ2n) is 5.97. The molecule has 0 aromatic heterocycles. The number of carboxylic acids is 1. The molecule has 0 saturated heterocycles. The van der Waals surface area contributed by atoms with E-state index in [0.717, 1.165) is 5.56 Å². The van der Waals surface area contributed by atoms with Gasteiger partial charge in [-0.15, -0.1) is 0 Å². The molecule has 7 heteroatoms. The lowest BCUT2D eigenvalue weighted by Gasteiger charge is -2.10. The molecule has 0 fully saturated rings. The third-order valence-electron chi connectivity index (χ3n) is 3.88. The van der Waals surface area contributed by atoms with E-state index in [9.17, 15) is 9.59 Å². The van der Waals surface area contributed by atoms with Gasteiger partial charge in [-0.25, -0.2) is 0 Å². The Morgan fingerprint density at radius 2 is 1.69 bits per heavy atom. The van der Waals surface area contributed by atoms with Gasteiger partial charge in [0.25, 0.3) is 0 Å². The molecule has 7 nitrogen and oxygen atoms in total. The number of methoxy groups -OCH3 is 2. The maximum atomic E-state index is 12.4. The summed E-state index contributed by atoms with van der Waals surface area (Å²) in [5.74, 6) is 0.500. The molecular weight excluding hydrogens is 376 g/mol. The van der Waals surface area contributed by atoms with Gasteiger partial charge in [0.2, 0.25) is 0 Å². The second kappa shape index (κ2) is 11.5. The van der Waals surface area contributed by atoms with Gasteiger partial charge in [-0.3, -0.25) is 9.59 Å². The summed E-state index contributed by atoms with van der Waals surface area (Å²) >= 11 is 0. The Morgan fingerprint density at radius 3 is 2.34 bits per heavy atom. The number of carboxylic acid groups (broad SMARTS) is 1. The maximum Gasteiger partial charge on any atom is 0.306 e. The van der Waals surface area contributed by atoms with Gasteiger partial charge in [0, 0.05) is 12.7 Å². The van der Waals surface area contributed by atoms with Crippen LogP contribution in [0.3, 0.4) is 0 Å². The molecule has 0 aliphatic rings. The van der Waals surface area contributed by atoms with Crippen LogP contribution in [0.1, 0.15) is 22.3 Å². The molecule has 0 heterocycles. The number of hydrogen-bond acceptors (Lipinski definition) is 6. The lowest BCUT2D eigenvalue weighted by Crippen LogP contribution is -2.05. The summed E-state index contributed by atoms with van der Waals surface area (Å²) in [7, 11) is 3.10. The fourth-order valence-corrected chi connectivity index (χ4v) is 2.38. The minimum atomic E-state index is -0.934. The fourth-order valence-electron chi connectivity index (χ4n) is 2.38. The van der Waals surface area contributed by atoms with Crippen molar-refractivity contribution in [3.63, 3.8) is 0 Å². The Hall–Kier alpha value is -3.32. The second-order valence-corrected chi connectivity index (χ2v) is 5.97. The van der Waals surface area contributed by atoms with Crippen molar-refractivity contribution in [3.8, 4) is 17.2 Å². The number of ketones is 1. The van der Waals surface area contributed by atoms with Crippen LogP contribution in [0.4, 0.5) is 0 Å². The first-order valence-corrected chi connectivity index (χ1v) is 9.00. The van der Waals surface area contributed by atoms with Gasteiger partial charge >= 0.3 is 5.97 Å². The minimum Gasteiger partial charge on any atom is -0.493 e. The topological polar surface area (TPSA) is 91.3 Å². The van der Waals surface area contributed by atoms with Crippen molar-refractivity contribution in [2.24, 2.45) is 0 Å². The van der Waals surface area contributed by atoms with Gasteiger partial charge in [-0.2, -0.15) is 0 Å². The molecule has 2 aromatic carbocycles. The quantitative estimate of drug-likeness (QED) is 0.331. The van der Waals surface area contributed by atoms with Crippen LogP contribution in [0.2, 0.25) is 0 Å². The molecule has 1 N–H and O–H groups in total. The van der Waals surface area contributed by atoms with Gasteiger partial charge in [-0.05, 0) is 48.0 Å². The molecule has 0 saturated carbocycles. The van der Waals surface area contributed by atoms with Gasteiger partial charge in [0.05, 0.1) is 26.7 Å². The average Bonchev–Trinajstić information content (AvgIpc) is 2.73. The molecule has 0 spiro atoms. The van der Waals surface area contributed by atoms with E-state index in [1.165, 1.54) is 13.2 Å². The zero-order chi connectivity index (χ0) is 21.1. The van der Waals surface area contributed by atoms with E-state index in [1.807, 2.05) is 0 Å². The molecule has 2 aromatic rings. The summed E-state index contributed by atoms with van der Waals surface area (Å²) in [6, 6.07) is 12.0. The highest BCUT2D eigenvalue weighted by Gasteiger charge is 2.07. The molecule has 0 amide bonds. The highest BCUT2D eigenvalue weighted by atomic mass is 16.5. The summed E-state index contributed by atoms with van der Waals surface area (Å²) in [6.45, 7) is 0.988. The highest BCUT2D eigenvalue weighted by molar-refractivity contribution is 6.06. The Morgan fingerprint density at radius 1 is 0.931 bits per heavy atom. The van der Waals surface area contributed by atoms with Crippen molar-refractivity contribution in [3.05, 3.63) is 59.7 Å². The predicted molar refractivity (Wildman–Crippen MR) is 108 cm³/mol. The normalized spacial score (nSPS) is 10.7. The fraction of sp³-hybridized carbons (Fsp3) is 0.273. The molecule has 2 rings (SSSR count). The summed E-state index contributed by atoms with van der Waals surface area (Å²) in [6.07, 6.45) is 3.05. The van der Waals surface area contributed by atoms with Crippen LogP contribution in [0.25, 0.3) is 6.08 Å². The van der Waals surface area contributed by atoms with Gasteiger partial charge in [-0.1, -0.05) is 12.1 Å². The molecule has 0 bridgehead atoms. The van der Waals surface area contributed by atoms with E-state index < -0.39 is 5.97 Å². The Balaban J connectivity index is 1.99. The van der Waals surface area contributed by atoms with Crippen molar-refractivity contribution >= 4 is 17.8 Å². The van der Waals surface area contributed by atoms with Crippen molar-refractivity contribution < 1.29 is 33.6 Å². The lowest BCUT2D eigenvalue weighted by molar-refractivity contribution is -0.137. The van der Waals surface area contributed by atoms with E-state index in [4.69, 9.17) is 24.1 Å². The van der Waals surface area contributed by atoms with Crippen LogP contribution in [0.15, 0.2) is 48.5 Å². The van der Waals surface area contributed by atoms with E-state index >= 15 is 0 Å². The monoisotopic (exact) mass is 400 g/mol. The van der Waals surface area contributed by atoms with Gasteiger partial charge in [0.1, 0.15) is 12.4 Å². The van der Waals surface area contributed by atoms with Crippen molar-refractivity contribution in [1.82, 2.24) is 0 Å². The maximum absolute atomic E-state index is 12.4. The van der Waals surface area contributed by atoms with Crippen LogP contribution in [-0.2, 0) is 9.53 Å². The first kappa shape index (κ1) is 22.0. The predicted octanol–water partition coefficient (Wildman–Crippen LogP) is 3.47. The number of allylic oxidation sites excluding steroid dienone is 1. The number of carbonyl (C=O) groups excluding carboxylic acids is 1. The van der Waals surface area contributed by atoms with E-state index in [0.29, 0.717) is 36.0 Å². The van der Waals surface area contributed by atoms with Crippen LogP contribution >= 0.6 is 0 Å². The summed E-state index contributed by atoms with van der Waals surface area (Å²) in [5, 5.41) is 8.68. The first-order valence-electron chi connectivity index (χ1n) is 9.00. The number of ether oxygens (including phenoxy) is 4. The van der Waals surface area contributed by atoms with E-state index in [2.05, 4.69) is 0 Å². The molecule has 0 atom stereocenters. The minimum absolute atomic E-state index is 0.0462. The van der Waals surface area contributed by atoms with Crippen molar-refractivity contribution in [1.29, 1.82) is 0 Å². The van der Waals surface area contributed by atoms with Crippen LogP contribution in [0.5, 0.6) is 17.2 Å². The van der Waals surface area contributed by atoms with Gasteiger partial charge in [0.15, 0.2) is 17.3 Å². The molecule has 0 radical (unpaired) electrons. The third kappa shape index (κ3) is 7.31. The SMILES string of the molecule is COCCOc1ccc(C(=O)C=Cc2ccc(OCCC(=O)O)c(OC)c2)cc1. The molecule has 29 heavy (non-hydrogen) atoms. The van der Waals surface area contributed by atoms with Crippen LogP contribution in [0, 0.1) is 0 Å². The molecule has 154 valence electrons. The smallest absolute Gasteiger partial charge is 0.306 e. The number of rotatable bonds is 12. The van der Waals surface area contributed by atoms with Crippen molar-refractivity contribution in [2.45, 2.75) is 6.42 Å². The molecule has 0 aliphatic carbocycles. The zero-order valence-electron chi connectivity index (χ0n) is 16.4. The molecule has 0 aliphatic heterocycles. The zero-order valence-corrected chi connectivity index (χ0v) is 16.4. The summed E-state index contributed by atoms with van der Waals surface area (Å²) < 4.78 is 21.1. The number of benzene rings is 2. The van der Waals surface area contributed by atoms with Gasteiger partial charge < -0.3 is 24.1 Å². The standard InChI is InChI=1S/C22H24O7/c1-26-13-14-28-18-7-5-17(6-8-18)19(23)9-3-16-4-10-20(21(15-16)27-2)29-12-11-22(24)25/h3-10,15H,11-14H2,1-2H3,(H,24,25). The Bertz CT molecular complexity index is 841. The molecular formula is C22H24O7. The summed E-state index contributed by atoms with van der Waals surface area (Å²) in [4.78, 5) is 22.9. The number of carbonyl (C=O) groups is 2. The number of hydrogen-bond donors (Lipinski definition) is 1. The molecule has 0 unspecified atom stereocenters. The number of aliphatic carboxylic acids is 1. The Labute approximate surface area is 169 Å². The Kier molecular flexibility index (Phi) is 8.72. The van der Waals surface area contributed by atoms with E-state index in [1.54, 1.807) is 55.7 Å².